The van der Waals surface area contributed by atoms with Crippen LogP contribution in [0.15, 0.2) is 60.7 Å². The zero-order valence-corrected chi connectivity index (χ0v) is 16.0. The maximum Gasteiger partial charge on any atom is 0.0406 e. The number of rotatable bonds is 6. The van der Waals surface area contributed by atoms with Gasteiger partial charge >= 0.3 is 0 Å². The average molecular weight is 353 g/mol. The summed E-state index contributed by atoms with van der Waals surface area (Å²) in [5.41, 5.74) is 3.97. The minimum Gasteiger partial charge on any atom is -0.0917 e. The van der Waals surface area contributed by atoms with E-state index in [0.29, 0.717) is 0 Å². The SMILES string of the molecule is C/C=C/CC1CCC(CCc2ccc(-c3ccc(Cl)cc3)cc2)CC1. The molecule has 0 aromatic heterocycles. The van der Waals surface area contributed by atoms with Crippen LogP contribution in [0.4, 0.5) is 0 Å². The predicted octanol–water partition coefficient (Wildman–Crippen LogP) is 7.71. The Balaban J connectivity index is 1.47. The molecule has 3 rings (SSSR count). The summed E-state index contributed by atoms with van der Waals surface area (Å²) >= 11 is 5.97. The van der Waals surface area contributed by atoms with Gasteiger partial charge in [-0.15, -0.1) is 0 Å². The van der Waals surface area contributed by atoms with Crippen LogP contribution in [0.2, 0.25) is 5.02 Å². The van der Waals surface area contributed by atoms with Gasteiger partial charge in [-0.05, 0) is 79.7 Å². The van der Waals surface area contributed by atoms with Crippen molar-refractivity contribution in [3.63, 3.8) is 0 Å². The second-order valence-electron chi connectivity index (χ2n) is 7.43. The van der Waals surface area contributed by atoms with Crippen LogP contribution in [0, 0.1) is 11.8 Å². The Morgan fingerprint density at radius 3 is 2.00 bits per heavy atom. The van der Waals surface area contributed by atoms with Crippen LogP contribution < -0.4 is 0 Å². The second-order valence-corrected chi connectivity index (χ2v) is 7.87. The Labute approximate surface area is 157 Å². The summed E-state index contributed by atoms with van der Waals surface area (Å²) in [6, 6.07) is 17.2. The van der Waals surface area contributed by atoms with Crippen molar-refractivity contribution < 1.29 is 0 Å². The molecular formula is C24H29Cl. The lowest BCUT2D eigenvalue weighted by Gasteiger charge is -2.28. The van der Waals surface area contributed by atoms with Gasteiger partial charge in [-0.2, -0.15) is 0 Å². The van der Waals surface area contributed by atoms with Gasteiger partial charge in [0, 0.05) is 5.02 Å². The van der Waals surface area contributed by atoms with Crippen LogP contribution in [-0.2, 0) is 6.42 Å². The molecule has 25 heavy (non-hydrogen) atoms. The average Bonchev–Trinajstić information content (AvgIpc) is 2.67. The van der Waals surface area contributed by atoms with Gasteiger partial charge < -0.3 is 0 Å². The molecule has 0 nitrogen and oxygen atoms in total. The highest BCUT2D eigenvalue weighted by Crippen LogP contribution is 2.33. The minimum atomic E-state index is 0.792. The Bertz CT molecular complexity index is 658. The summed E-state index contributed by atoms with van der Waals surface area (Å²) in [7, 11) is 0. The summed E-state index contributed by atoms with van der Waals surface area (Å²) < 4.78 is 0. The summed E-state index contributed by atoms with van der Waals surface area (Å²) in [5.74, 6) is 1.86. The fourth-order valence-electron chi connectivity index (χ4n) is 3.96. The van der Waals surface area contributed by atoms with E-state index in [1.807, 2.05) is 12.1 Å². The molecule has 132 valence electrons. The lowest BCUT2D eigenvalue weighted by atomic mass is 9.78. The van der Waals surface area contributed by atoms with Crippen LogP contribution in [0.3, 0.4) is 0 Å². The topological polar surface area (TPSA) is 0 Å². The first-order valence-corrected chi connectivity index (χ1v) is 10.1. The Morgan fingerprint density at radius 2 is 1.40 bits per heavy atom. The molecule has 0 atom stereocenters. The number of halogens is 1. The first kappa shape index (κ1) is 18.3. The summed E-state index contributed by atoms with van der Waals surface area (Å²) in [6.45, 7) is 2.13. The zero-order valence-electron chi connectivity index (χ0n) is 15.3. The molecule has 0 spiro atoms. The van der Waals surface area contributed by atoms with Crippen molar-refractivity contribution in [2.45, 2.75) is 51.9 Å². The third-order valence-electron chi connectivity index (χ3n) is 5.64. The van der Waals surface area contributed by atoms with Crippen molar-refractivity contribution in [1.82, 2.24) is 0 Å². The first-order chi connectivity index (χ1) is 12.2. The van der Waals surface area contributed by atoms with E-state index in [1.165, 1.54) is 61.6 Å². The number of allylic oxidation sites excluding steroid dienone is 2. The third-order valence-corrected chi connectivity index (χ3v) is 5.90. The highest BCUT2D eigenvalue weighted by atomic mass is 35.5. The molecule has 0 amide bonds. The monoisotopic (exact) mass is 352 g/mol. The predicted molar refractivity (Wildman–Crippen MR) is 110 cm³/mol. The van der Waals surface area contributed by atoms with Crippen LogP contribution in [0.25, 0.3) is 11.1 Å². The van der Waals surface area contributed by atoms with Gasteiger partial charge in [-0.1, -0.05) is 73.0 Å². The van der Waals surface area contributed by atoms with E-state index >= 15 is 0 Å². The molecule has 2 aromatic rings. The molecule has 0 radical (unpaired) electrons. The highest BCUT2D eigenvalue weighted by molar-refractivity contribution is 6.30. The van der Waals surface area contributed by atoms with Crippen molar-refractivity contribution >= 4 is 11.6 Å². The second kappa shape index (κ2) is 9.25. The molecule has 2 aromatic carbocycles. The minimum absolute atomic E-state index is 0.792. The zero-order chi connectivity index (χ0) is 17.5. The van der Waals surface area contributed by atoms with Crippen molar-refractivity contribution in [3.8, 4) is 11.1 Å². The van der Waals surface area contributed by atoms with Gasteiger partial charge in [0.25, 0.3) is 0 Å². The molecule has 0 aliphatic heterocycles. The van der Waals surface area contributed by atoms with E-state index in [0.717, 1.165) is 16.9 Å². The molecule has 0 N–H and O–H groups in total. The summed E-state index contributed by atoms with van der Waals surface area (Å²) in [4.78, 5) is 0. The molecule has 1 fully saturated rings. The van der Waals surface area contributed by atoms with Gasteiger partial charge in [0.1, 0.15) is 0 Å². The molecule has 1 aliphatic carbocycles. The van der Waals surface area contributed by atoms with E-state index < -0.39 is 0 Å². The van der Waals surface area contributed by atoms with Crippen LogP contribution in [0.5, 0.6) is 0 Å². The van der Waals surface area contributed by atoms with Crippen molar-refractivity contribution in [2.24, 2.45) is 11.8 Å². The van der Waals surface area contributed by atoms with E-state index in [9.17, 15) is 0 Å². The lowest BCUT2D eigenvalue weighted by Crippen LogP contribution is -2.14. The first-order valence-electron chi connectivity index (χ1n) is 9.70. The smallest absolute Gasteiger partial charge is 0.0406 e. The van der Waals surface area contributed by atoms with Crippen LogP contribution >= 0.6 is 11.6 Å². The fraction of sp³-hybridized carbons (Fsp3) is 0.417. The van der Waals surface area contributed by atoms with Gasteiger partial charge in [0.05, 0.1) is 0 Å². The van der Waals surface area contributed by atoms with Gasteiger partial charge in [0.2, 0.25) is 0 Å². The van der Waals surface area contributed by atoms with Crippen LogP contribution in [0.1, 0.15) is 51.0 Å². The van der Waals surface area contributed by atoms with Gasteiger partial charge in [-0.25, -0.2) is 0 Å². The van der Waals surface area contributed by atoms with Crippen molar-refractivity contribution in [2.75, 3.05) is 0 Å². The van der Waals surface area contributed by atoms with E-state index in [1.54, 1.807) is 0 Å². The van der Waals surface area contributed by atoms with E-state index in [4.69, 9.17) is 11.6 Å². The van der Waals surface area contributed by atoms with E-state index in [-0.39, 0.29) is 0 Å². The van der Waals surface area contributed by atoms with E-state index in [2.05, 4.69) is 55.5 Å². The maximum absolute atomic E-state index is 5.97. The Morgan fingerprint density at radius 1 is 0.840 bits per heavy atom. The lowest BCUT2D eigenvalue weighted by molar-refractivity contribution is 0.265. The summed E-state index contributed by atoms with van der Waals surface area (Å²) in [5, 5.41) is 0.792. The van der Waals surface area contributed by atoms with Crippen molar-refractivity contribution in [3.05, 3.63) is 71.3 Å². The quantitative estimate of drug-likeness (QED) is 0.467. The largest absolute Gasteiger partial charge is 0.0917 e. The molecule has 0 saturated heterocycles. The van der Waals surface area contributed by atoms with Gasteiger partial charge in [0.15, 0.2) is 0 Å². The molecule has 0 heterocycles. The molecule has 0 bridgehead atoms. The normalized spacial score (nSPS) is 20.9. The van der Waals surface area contributed by atoms with Gasteiger partial charge in [-0.3, -0.25) is 0 Å². The third kappa shape index (κ3) is 5.47. The number of hydrogen-bond acceptors (Lipinski definition) is 0. The maximum atomic E-state index is 5.97. The molecule has 0 unspecified atom stereocenters. The molecule has 1 heteroatoms. The standard InChI is InChI=1S/C24H29Cl/c1-2-3-4-19-5-7-20(8-6-19)9-10-21-11-13-22(14-12-21)23-15-17-24(25)18-16-23/h2-3,11-20H,4-10H2,1H3/b3-2+. The number of aryl methyl sites for hydroxylation is 1. The number of hydrogen-bond donors (Lipinski definition) is 0. The van der Waals surface area contributed by atoms with Crippen LogP contribution in [-0.4, -0.2) is 0 Å². The Hall–Kier alpha value is -1.53. The Kier molecular flexibility index (Phi) is 6.76. The fourth-order valence-corrected chi connectivity index (χ4v) is 4.09. The number of benzene rings is 2. The molecule has 1 saturated carbocycles. The van der Waals surface area contributed by atoms with Crippen molar-refractivity contribution in [1.29, 1.82) is 0 Å². The highest BCUT2D eigenvalue weighted by Gasteiger charge is 2.20. The molecule has 1 aliphatic rings. The molecular weight excluding hydrogens is 324 g/mol. The summed E-state index contributed by atoms with van der Waals surface area (Å²) in [6.07, 6.45) is 14.1.